The second-order valence-corrected chi connectivity index (χ2v) is 7.77. The van der Waals surface area contributed by atoms with Crippen LogP contribution in [-0.2, 0) is 27.2 Å². The highest BCUT2D eigenvalue weighted by Gasteiger charge is 2.41. The number of methoxy groups -OCH3 is 1. The number of benzene rings is 2. The van der Waals surface area contributed by atoms with Gasteiger partial charge in [0.25, 0.3) is 0 Å². The number of hydrogen-bond acceptors (Lipinski definition) is 4. The Bertz CT molecular complexity index is 1030. The smallest absolute Gasteiger partial charge is 0.371 e. The summed E-state index contributed by atoms with van der Waals surface area (Å²) in [5, 5.41) is 0. The summed E-state index contributed by atoms with van der Waals surface area (Å²) in [6.07, 6.45) is 3.53. The van der Waals surface area contributed by atoms with Gasteiger partial charge in [0.15, 0.2) is 6.17 Å². The average Bonchev–Trinajstić information content (AvgIpc) is 2.67. The van der Waals surface area contributed by atoms with E-state index in [2.05, 4.69) is 4.72 Å². The molecule has 0 saturated carbocycles. The van der Waals surface area contributed by atoms with Gasteiger partial charge in [0, 0.05) is 19.2 Å². The summed E-state index contributed by atoms with van der Waals surface area (Å²) in [5.74, 6) is 0.182. The van der Waals surface area contributed by atoms with Crippen molar-refractivity contribution in [2.75, 3.05) is 7.11 Å². The van der Waals surface area contributed by atoms with Crippen LogP contribution in [0.5, 0.6) is 5.75 Å². The molecule has 0 saturated heterocycles. The minimum absolute atomic E-state index is 0.130. The van der Waals surface area contributed by atoms with Gasteiger partial charge in [0.2, 0.25) is 0 Å². The first kappa shape index (κ1) is 17.9. The zero-order valence-electron chi connectivity index (χ0n) is 14.6. The average molecular weight is 387 g/mol. The van der Waals surface area contributed by atoms with E-state index in [0.29, 0.717) is 11.1 Å². The fraction of sp³-hybridized carbons (Fsp3) is 0.200. The summed E-state index contributed by atoms with van der Waals surface area (Å²) >= 11 is 0. The second kappa shape index (κ2) is 6.60. The van der Waals surface area contributed by atoms with Gasteiger partial charge in [0.05, 0.1) is 0 Å². The SMILES string of the molecule is COC1(c2ccc3c(c2)OS(=O)(=O)NC3)C=CC(c2ccccc2)=CC1F. The Morgan fingerprint density at radius 2 is 2.00 bits per heavy atom. The second-order valence-electron chi connectivity index (χ2n) is 6.40. The lowest BCUT2D eigenvalue weighted by atomic mass is 9.82. The van der Waals surface area contributed by atoms with Crippen molar-refractivity contribution in [1.29, 1.82) is 0 Å². The molecule has 27 heavy (non-hydrogen) atoms. The predicted octanol–water partition coefficient (Wildman–Crippen LogP) is 3.25. The van der Waals surface area contributed by atoms with Gasteiger partial charge in [-0.15, -0.1) is 0 Å². The molecular formula is C20H18FNO4S. The number of fused-ring (bicyclic) bond motifs is 1. The minimum atomic E-state index is -3.84. The number of nitrogens with one attached hydrogen (secondary N) is 1. The normalized spacial score (nSPS) is 26.0. The number of halogens is 1. The van der Waals surface area contributed by atoms with Crippen LogP contribution in [-0.4, -0.2) is 21.7 Å². The topological polar surface area (TPSA) is 64.6 Å². The van der Waals surface area contributed by atoms with Gasteiger partial charge in [-0.2, -0.15) is 13.1 Å². The van der Waals surface area contributed by atoms with Crippen molar-refractivity contribution in [1.82, 2.24) is 4.72 Å². The van der Waals surface area contributed by atoms with Crippen LogP contribution in [0.3, 0.4) is 0 Å². The van der Waals surface area contributed by atoms with Crippen molar-refractivity contribution in [2.45, 2.75) is 18.3 Å². The molecule has 0 spiro atoms. The van der Waals surface area contributed by atoms with Gasteiger partial charge in [-0.1, -0.05) is 48.5 Å². The molecule has 2 aliphatic rings. The number of allylic oxidation sites excluding steroid dienone is 2. The molecule has 0 bridgehead atoms. The third-order valence-electron chi connectivity index (χ3n) is 4.85. The van der Waals surface area contributed by atoms with Gasteiger partial charge in [-0.25, -0.2) is 4.39 Å². The van der Waals surface area contributed by atoms with E-state index < -0.39 is 22.1 Å². The minimum Gasteiger partial charge on any atom is -0.371 e. The Kier molecular flexibility index (Phi) is 4.38. The Labute approximate surface area is 157 Å². The highest BCUT2D eigenvalue weighted by Crippen LogP contribution is 2.41. The molecule has 0 fully saturated rings. The molecule has 2 atom stereocenters. The molecule has 2 aromatic carbocycles. The predicted molar refractivity (Wildman–Crippen MR) is 100.0 cm³/mol. The standard InChI is InChI=1S/C20H18FNO4S/c1-25-20(10-9-15(11-19(20)21)14-5-3-2-4-6-14)17-8-7-16-13-22-27(23,24)26-18(16)12-17/h2-12,19,22H,13H2,1H3. The molecule has 1 heterocycles. The van der Waals surface area contributed by atoms with E-state index in [1.54, 1.807) is 18.2 Å². The molecule has 0 amide bonds. The Hall–Kier alpha value is -2.48. The number of alkyl halides is 1. The molecule has 2 unspecified atom stereocenters. The maximum absolute atomic E-state index is 15.3. The van der Waals surface area contributed by atoms with Crippen molar-refractivity contribution < 1.29 is 21.7 Å². The lowest BCUT2D eigenvalue weighted by Gasteiger charge is -2.35. The summed E-state index contributed by atoms with van der Waals surface area (Å²) in [6.45, 7) is 0.130. The third-order valence-corrected chi connectivity index (χ3v) is 5.75. The molecule has 0 aromatic heterocycles. The molecule has 0 radical (unpaired) electrons. The molecule has 7 heteroatoms. The van der Waals surface area contributed by atoms with E-state index in [0.717, 1.165) is 11.1 Å². The van der Waals surface area contributed by atoms with E-state index in [9.17, 15) is 8.42 Å². The van der Waals surface area contributed by atoms with Crippen LogP contribution >= 0.6 is 0 Å². The first-order chi connectivity index (χ1) is 12.9. The van der Waals surface area contributed by atoms with Crippen molar-refractivity contribution in [3.8, 4) is 5.75 Å². The fourth-order valence-electron chi connectivity index (χ4n) is 3.35. The van der Waals surface area contributed by atoms with Gasteiger partial charge in [0.1, 0.15) is 11.4 Å². The lowest BCUT2D eigenvalue weighted by Crippen LogP contribution is -2.38. The molecule has 1 N–H and O–H groups in total. The summed E-state index contributed by atoms with van der Waals surface area (Å²) in [4.78, 5) is 0. The Morgan fingerprint density at radius 3 is 2.70 bits per heavy atom. The van der Waals surface area contributed by atoms with Gasteiger partial charge >= 0.3 is 10.3 Å². The van der Waals surface area contributed by atoms with Crippen molar-refractivity contribution in [3.63, 3.8) is 0 Å². The molecule has 140 valence electrons. The highest BCUT2D eigenvalue weighted by molar-refractivity contribution is 7.85. The summed E-state index contributed by atoms with van der Waals surface area (Å²) in [7, 11) is -2.42. The summed E-state index contributed by atoms with van der Waals surface area (Å²) in [6, 6.07) is 14.5. The molecule has 1 aliphatic heterocycles. The number of hydrogen-bond donors (Lipinski definition) is 1. The van der Waals surface area contributed by atoms with Crippen LogP contribution in [0.1, 0.15) is 16.7 Å². The van der Waals surface area contributed by atoms with E-state index in [4.69, 9.17) is 8.92 Å². The van der Waals surface area contributed by atoms with Crippen LogP contribution in [0.15, 0.2) is 66.8 Å². The quantitative estimate of drug-likeness (QED) is 0.878. The van der Waals surface area contributed by atoms with Crippen LogP contribution in [0.4, 0.5) is 4.39 Å². The monoisotopic (exact) mass is 387 g/mol. The third kappa shape index (κ3) is 3.18. The van der Waals surface area contributed by atoms with Gasteiger partial charge < -0.3 is 8.92 Å². The van der Waals surface area contributed by atoms with Crippen molar-refractivity contribution in [2.24, 2.45) is 0 Å². The maximum Gasteiger partial charge on any atom is 0.382 e. The van der Waals surface area contributed by atoms with E-state index in [-0.39, 0.29) is 12.3 Å². The first-order valence-corrected chi connectivity index (χ1v) is 9.82. The first-order valence-electron chi connectivity index (χ1n) is 8.42. The van der Waals surface area contributed by atoms with Crippen molar-refractivity contribution in [3.05, 3.63) is 83.4 Å². The van der Waals surface area contributed by atoms with E-state index >= 15 is 4.39 Å². The van der Waals surface area contributed by atoms with Crippen LogP contribution < -0.4 is 8.91 Å². The van der Waals surface area contributed by atoms with Crippen LogP contribution in [0, 0.1) is 0 Å². The number of rotatable bonds is 3. The maximum atomic E-state index is 15.3. The molecular weight excluding hydrogens is 369 g/mol. The van der Waals surface area contributed by atoms with Gasteiger partial charge in [-0.05, 0) is 34.9 Å². The fourth-order valence-corrected chi connectivity index (χ4v) is 4.14. The molecule has 5 nitrogen and oxygen atoms in total. The largest absolute Gasteiger partial charge is 0.382 e. The zero-order valence-corrected chi connectivity index (χ0v) is 15.4. The van der Waals surface area contributed by atoms with E-state index in [1.807, 2.05) is 36.4 Å². The van der Waals surface area contributed by atoms with Gasteiger partial charge in [-0.3, -0.25) is 0 Å². The molecule has 1 aliphatic carbocycles. The Morgan fingerprint density at radius 1 is 1.22 bits per heavy atom. The molecule has 2 aromatic rings. The lowest BCUT2D eigenvalue weighted by molar-refractivity contribution is -0.0208. The van der Waals surface area contributed by atoms with Crippen molar-refractivity contribution >= 4 is 15.9 Å². The number of ether oxygens (including phenoxy) is 1. The van der Waals surface area contributed by atoms with Crippen LogP contribution in [0.2, 0.25) is 0 Å². The molecule has 4 rings (SSSR count). The van der Waals surface area contributed by atoms with E-state index in [1.165, 1.54) is 19.3 Å². The Balaban J connectivity index is 1.73. The zero-order chi connectivity index (χ0) is 19.1. The van der Waals surface area contributed by atoms with Crippen LogP contribution in [0.25, 0.3) is 5.57 Å². The highest BCUT2D eigenvalue weighted by atomic mass is 32.2. The summed E-state index contributed by atoms with van der Waals surface area (Å²) < 4.78 is 51.5. The summed E-state index contributed by atoms with van der Waals surface area (Å²) in [5.41, 5.74) is 1.47.